The van der Waals surface area contributed by atoms with Crippen molar-refractivity contribution < 1.29 is 9.53 Å². The zero-order valence-corrected chi connectivity index (χ0v) is 13.6. The maximum absolute atomic E-state index is 11.6. The molecule has 0 saturated carbocycles. The highest BCUT2D eigenvalue weighted by Gasteiger charge is 2.19. The molecule has 20 heavy (non-hydrogen) atoms. The van der Waals surface area contributed by atoms with E-state index in [0.29, 0.717) is 18.4 Å². The van der Waals surface area contributed by atoms with Gasteiger partial charge in [0.05, 0.1) is 0 Å². The number of nitrogens with one attached hydrogen (secondary N) is 1. The third kappa shape index (κ3) is 5.83. The second-order valence-corrected chi connectivity index (χ2v) is 6.64. The van der Waals surface area contributed by atoms with E-state index in [2.05, 4.69) is 25.2 Å². The lowest BCUT2D eigenvalue weighted by atomic mass is 9.89. The van der Waals surface area contributed by atoms with Crippen LogP contribution in [0, 0.1) is 5.92 Å². The van der Waals surface area contributed by atoms with Crippen molar-refractivity contribution in [2.24, 2.45) is 5.92 Å². The quantitative estimate of drug-likeness (QED) is 0.881. The van der Waals surface area contributed by atoms with Crippen molar-refractivity contribution in [3.05, 3.63) is 34.9 Å². The summed E-state index contributed by atoms with van der Waals surface area (Å²) < 4.78 is 5.22. The maximum Gasteiger partial charge on any atom is 0.407 e. The molecule has 0 spiro atoms. The molecule has 1 rings (SSSR count). The van der Waals surface area contributed by atoms with Crippen LogP contribution >= 0.6 is 11.6 Å². The van der Waals surface area contributed by atoms with Crippen LogP contribution in [0.5, 0.6) is 0 Å². The van der Waals surface area contributed by atoms with Crippen molar-refractivity contribution in [2.75, 3.05) is 6.54 Å². The van der Waals surface area contributed by atoms with E-state index in [1.54, 1.807) is 0 Å². The summed E-state index contributed by atoms with van der Waals surface area (Å²) in [5, 5.41) is 3.55. The van der Waals surface area contributed by atoms with Gasteiger partial charge < -0.3 is 10.1 Å². The molecule has 4 heteroatoms. The number of halogens is 1. The number of rotatable bonds is 4. The van der Waals surface area contributed by atoms with E-state index in [0.717, 1.165) is 5.02 Å². The third-order valence-electron chi connectivity index (χ3n) is 3.20. The van der Waals surface area contributed by atoms with Gasteiger partial charge in [0.15, 0.2) is 0 Å². The Kier molecular flexibility index (Phi) is 5.88. The minimum absolute atomic E-state index is 0.293. The van der Waals surface area contributed by atoms with Gasteiger partial charge in [-0.25, -0.2) is 4.79 Å². The minimum atomic E-state index is -0.466. The molecule has 1 aromatic carbocycles. The number of ether oxygens (including phenoxy) is 1. The van der Waals surface area contributed by atoms with Gasteiger partial charge in [0, 0.05) is 11.6 Å². The van der Waals surface area contributed by atoms with Gasteiger partial charge >= 0.3 is 6.09 Å². The molecule has 112 valence electrons. The molecule has 0 aliphatic heterocycles. The molecule has 1 amide bonds. The summed E-state index contributed by atoms with van der Waals surface area (Å²) in [6.45, 7) is 10.4. The molecule has 0 fully saturated rings. The molecule has 0 bridgehead atoms. The maximum atomic E-state index is 11.6. The number of carbonyl (C=O) groups is 1. The van der Waals surface area contributed by atoms with Crippen LogP contribution in [0.2, 0.25) is 5.02 Å². The number of carbonyl (C=O) groups excluding carboxylic acids is 1. The Hall–Kier alpha value is -1.22. The number of amides is 1. The van der Waals surface area contributed by atoms with E-state index < -0.39 is 5.60 Å². The second-order valence-electron chi connectivity index (χ2n) is 6.20. The average Bonchev–Trinajstić information content (AvgIpc) is 2.33. The van der Waals surface area contributed by atoms with Crippen LogP contribution in [-0.2, 0) is 4.74 Å². The first-order valence-electron chi connectivity index (χ1n) is 6.91. The molecule has 1 N–H and O–H groups in total. The van der Waals surface area contributed by atoms with E-state index in [-0.39, 0.29) is 6.09 Å². The Morgan fingerprint density at radius 2 is 2.00 bits per heavy atom. The van der Waals surface area contributed by atoms with Crippen LogP contribution in [0.3, 0.4) is 0 Å². The van der Waals surface area contributed by atoms with Crippen molar-refractivity contribution in [3.63, 3.8) is 0 Å². The molecular formula is C16H24ClNO2. The van der Waals surface area contributed by atoms with E-state index in [9.17, 15) is 4.79 Å². The van der Waals surface area contributed by atoms with Crippen LogP contribution in [0.4, 0.5) is 4.79 Å². The number of hydrogen-bond acceptors (Lipinski definition) is 2. The van der Waals surface area contributed by atoms with Crippen molar-refractivity contribution in [1.29, 1.82) is 0 Å². The normalized spacial score (nSPS) is 14.5. The van der Waals surface area contributed by atoms with Crippen LogP contribution in [0.25, 0.3) is 0 Å². The smallest absolute Gasteiger partial charge is 0.407 e. The second kappa shape index (κ2) is 6.98. The van der Waals surface area contributed by atoms with Crippen LogP contribution in [0.1, 0.15) is 46.1 Å². The lowest BCUT2D eigenvalue weighted by Crippen LogP contribution is -2.35. The first-order valence-corrected chi connectivity index (χ1v) is 7.29. The summed E-state index contributed by atoms with van der Waals surface area (Å²) in [7, 11) is 0. The average molecular weight is 298 g/mol. The van der Waals surface area contributed by atoms with Crippen molar-refractivity contribution in [3.8, 4) is 0 Å². The number of alkyl carbamates (subject to hydrolysis) is 1. The van der Waals surface area contributed by atoms with Gasteiger partial charge in [0.2, 0.25) is 0 Å². The molecule has 0 aliphatic carbocycles. The Bertz CT molecular complexity index is 454. The van der Waals surface area contributed by atoms with Crippen LogP contribution < -0.4 is 5.32 Å². The van der Waals surface area contributed by atoms with Gasteiger partial charge in [0.25, 0.3) is 0 Å². The fraction of sp³-hybridized carbons (Fsp3) is 0.562. The van der Waals surface area contributed by atoms with Gasteiger partial charge in [-0.05, 0) is 50.3 Å². The summed E-state index contributed by atoms with van der Waals surface area (Å²) in [5.41, 5.74) is 0.710. The summed E-state index contributed by atoms with van der Waals surface area (Å²) >= 11 is 6.00. The van der Waals surface area contributed by atoms with E-state index in [1.807, 2.05) is 39.0 Å². The highest BCUT2D eigenvalue weighted by atomic mass is 35.5. The van der Waals surface area contributed by atoms with E-state index in [1.165, 1.54) is 5.56 Å². The van der Waals surface area contributed by atoms with Crippen LogP contribution in [0.15, 0.2) is 24.3 Å². The summed E-state index contributed by atoms with van der Waals surface area (Å²) in [4.78, 5) is 11.6. The first-order chi connectivity index (χ1) is 9.19. The lowest BCUT2D eigenvalue weighted by molar-refractivity contribution is 0.0518. The predicted molar refractivity (Wildman–Crippen MR) is 83.3 cm³/mol. The topological polar surface area (TPSA) is 38.3 Å². The molecule has 3 nitrogen and oxygen atoms in total. The highest BCUT2D eigenvalue weighted by molar-refractivity contribution is 6.30. The number of hydrogen-bond donors (Lipinski definition) is 1. The molecule has 0 aliphatic rings. The van der Waals surface area contributed by atoms with Gasteiger partial charge in [-0.3, -0.25) is 0 Å². The standard InChI is InChI=1S/C16H24ClNO2/c1-11(10-18-15(19)20-16(3,4)5)12(2)13-7-6-8-14(17)9-13/h6-9,11-12H,10H2,1-5H3,(H,18,19). The molecule has 1 aromatic rings. The van der Waals surface area contributed by atoms with Gasteiger partial charge in [-0.1, -0.05) is 37.6 Å². The van der Waals surface area contributed by atoms with Gasteiger partial charge in [-0.15, -0.1) is 0 Å². The van der Waals surface area contributed by atoms with Gasteiger partial charge in [-0.2, -0.15) is 0 Å². The van der Waals surface area contributed by atoms with Crippen LogP contribution in [-0.4, -0.2) is 18.2 Å². The zero-order chi connectivity index (χ0) is 15.3. The van der Waals surface area contributed by atoms with Crippen molar-refractivity contribution in [1.82, 2.24) is 5.32 Å². The van der Waals surface area contributed by atoms with E-state index >= 15 is 0 Å². The minimum Gasteiger partial charge on any atom is -0.444 e. The van der Waals surface area contributed by atoms with Crippen molar-refractivity contribution in [2.45, 2.75) is 46.1 Å². The highest BCUT2D eigenvalue weighted by Crippen LogP contribution is 2.25. The molecule has 2 atom stereocenters. The molecule has 0 saturated heterocycles. The summed E-state index contributed by atoms with van der Waals surface area (Å²) in [6, 6.07) is 7.83. The Morgan fingerprint density at radius 1 is 1.35 bits per heavy atom. The largest absolute Gasteiger partial charge is 0.444 e. The molecule has 0 heterocycles. The Balaban J connectivity index is 2.50. The molecule has 0 radical (unpaired) electrons. The van der Waals surface area contributed by atoms with Crippen molar-refractivity contribution >= 4 is 17.7 Å². The number of benzene rings is 1. The summed E-state index contributed by atoms with van der Waals surface area (Å²) in [5.74, 6) is 0.602. The first kappa shape index (κ1) is 16.8. The fourth-order valence-electron chi connectivity index (χ4n) is 1.85. The van der Waals surface area contributed by atoms with Gasteiger partial charge in [0.1, 0.15) is 5.60 Å². The summed E-state index contributed by atoms with van der Waals surface area (Å²) in [6.07, 6.45) is -0.373. The van der Waals surface area contributed by atoms with E-state index in [4.69, 9.17) is 16.3 Å². The molecular weight excluding hydrogens is 274 g/mol. The third-order valence-corrected chi connectivity index (χ3v) is 3.43. The monoisotopic (exact) mass is 297 g/mol. The SMILES string of the molecule is CC(CNC(=O)OC(C)(C)C)C(C)c1cccc(Cl)c1. The lowest BCUT2D eigenvalue weighted by Gasteiger charge is -2.23. The fourth-order valence-corrected chi connectivity index (χ4v) is 2.05. The molecule has 2 unspecified atom stereocenters. The Morgan fingerprint density at radius 3 is 2.55 bits per heavy atom. The molecule has 0 aromatic heterocycles. The zero-order valence-electron chi connectivity index (χ0n) is 12.9. The Labute approximate surface area is 126 Å². The predicted octanol–water partition coefficient (Wildman–Crippen LogP) is 4.60.